The highest BCUT2D eigenvalue weighted by molar-refractivity contribution is 5.80. The standard InChI is InChI=1S/C39H43F4N5O4/c1-3-52-30-14-12-29(13-15-30)48-36(45-35-31(38(48)51)10-7-19-44-35)25(2)47(34(49)23-27-11-16-33(40)32(22-27)39(41,42)43)24-26-17-20-46(21-18-26)37(50)28-8-5-4-6-9-28/h7,10-16,19,22,25-26,28H,3-6,8-9,17-18,20-21,23-24H2,1-2H3. The molecule has 1 saturated heterocycles. The zero-order chi connectivity index (χ0) is 37.0. The Morgan fingerprint density at radius 3 is 2.38 bits per heavy atom. The van der Waals surface area contributed by atoms with Gasteiger partial charge >= 0.3 is 6.18 Å². The molecule has 0 N–H and O–H groups in total. The maximum absolute atomic E-state index is 14.3. The molecule has 2 fully saturated rings. The van der Waals surface area contributed by atoms with Gasteiger partial charge in [0.1, 0.15) is 17.4 Å². The van der Waals surface area contributed by atoms with Gasteiger partial charge in [-0.3, -0.25) is 19.0 Å². The average molecular weight is 722 g/mol. The Morgan fingerprint density at radius 2 is 1.71 bits per heavy atom. The molecule has 1 aliphatic carbocycles. The van der Waals surface area contributed by atoms with Gasteiger partial charge in [0.25, 0.3) is 5.56 Å². The van der Waals surface area contributed by atoms with Crippen molar-refractivity contribution in [2.45, 2.75) is 77.4 Å². The summed E-state index contributed by atoms with van der Waals surface area (Å²) in [5.74, 6) is -0.918. The molecule has 2 aliphatic rings. The van der Waals surface area contributed by atoms with Crippen molar-refractivity contribution in [1.82, 2.24) is 24.3 Å². The summed E-state index contributed by atoms with van der Waals surface area (Å²) >= 11 is 0. The summed E-state index contributed by atoms with van der Waals surface area (Å²) in [6.45, 7) is 5.33. The van der Waals surface area contributed by atoms with Gasteiger partial charge in [-0.15, -0.1) is 0 Å². The number of pyridine rings is 1. The fourth-order valence-corrected chi connectivity index (χ4v) is 7.44. The number of ether oxygens (including phenoxy) is 1. The summed E-state index contributed by atoms with van der Waals surface area (Å²) in [6, 6.07) is 11.9. The second-order valence-corrected chi connectivity index (χ2v) is 13.7. The minimum Gasteiger partial charge on any atom is -0.494 e. The molecule has 9 nitrogen and oxygen atoms in total. The van der Waals surface area contributed by atoms with Crippen molar-refractivity contribution in [3.05, 3.63) is 93.9 Å². The van der Waals surface area contributed by atoms with Crippen LogP contribution in [0, 0.1) is 17.7 Å². The average Bonchev–Trinajstić information content (AvgIpc) is 3.14. The van der Waals surface area contributed by atoms with Crippen LogP contribution in [0.15, 0.2) is 65.6 Å². The molecule has 2 aromatic carbocycles. The lowest BCUT2D eigenvalue weighted by atomic mass is 9.87. The van der Waals surface area contributed by atoms with Gasteiger partial charge in [0, 0.05) is 31.7 Å². The molecule has 6 rings (SSSR count). The van der Waals surface area contributed by atoms with E-state index in [1.165, 1.54) is 16.8 Å². The number of rotatable bonds is 10. The number of alkyl halides is 3. The van der Waals surface area contributed by atoms with E-state index in [9.17, 15) is 31.9 Å². The molecule has 276 valence electrons. The second kappa shape index (κ2) is 15.8. The lowest BCUT2D eigenvalue weighted by molar-refractivity contribution is -0.140. The highest BCUT2D eigenvalue weighted by atomic mass is 19.4. The summed E-state index contributed by atoms with van der Waals surface area (Å²) in [4.78, 5) is 54.2. The smallest absolute Gasteiger partial charge is 0.419 e. The van der Waals surface area contributed by atoms with E-state index in [4.69, 9.17) is 9.72 Å². The van der Waals surface area contributed by atoms with Gasteiger partial charge in [-0.1, -0.05) is 25.3 Å². The van der Waals surface area contributed by atoms with Gasteiger partial charge in [-0.05, 0) is 99.5 Å². The monoisotopic (exact) mass is 721 g/mol. The van der Waals surface area contributed by atoms with Crippen molar-refractivity contribution in [2.75, 3.05) is 26.2 Å². The van der Waals surface area contributed by atoms with Crippen LogP contribution >= 0.6 is 0 Å². The fourth-order valence-electron chi connectivity index (χ4n) is 7.44. The largest absolute Gasteiger partial charge is 0.494 e. The SMILES string of the molecule is CCOc1ccc(-n2c(C(C)N(CC3CCN(C(=O)C4CCCCC4)CC3)C(=O)Cc3ccc(F)c(C(F)(F)F)c3)nc3ncccc3c2=O)cc1. The Labute approximate surface area is 299 Å². The highest BCUT2D eigenvalue weighted by Crippen LogP contribution is 2.33. The third kappa shape index (κ3) is 8.13. The highest BCUT2D eigenvalue weighted by Gasteiger charge is 2.36. The van der Waals surface area contributed by atoms with Crippen LogP contribution in [0.4, 0.5) is 17.6 Å². The first kappa shape index (κ1) is 37.0. The number of hydrogen-bond donors (Lipinski definition) is 0. The van der Waals surface area contributed by atoms with Crippen molar-refractivity contribution in [3.8, 4) is 11.4 Å². The molecule has 2 amide bonds. The van der Waals surface area contributed by atoms with Crippen LogP contribution in [0.1, 0.15) is 81.8 Å². The quantitative estimate of drug-likeness (QED) is 0.160. The van der Waals surface area contributed by atoms with Crippen molar-refractivity contribution in [3.63, 3.8) is 0 Å². The number of benzene rings is 2. The van der Waals surface area contributed by atoms with Crippen LogP contribution < -0.4 is 10.3 Å². The number of likely N-dealkylation sites (tertiary alicyclic amines) is 1. The molecule has 1 atom stereocenters. The molecule has 1 unspecified atom stereocenters. The van der Waals surface area contributed by atoms with Crippen LogP contribution in [0.3, 0.4) is 0 Å². The summed E-state index contributed by atoms with van der Waals surface area (Å²) < 4.78 is 62.0. The minimum absolute atomic E-state index is 0.000800. The molecule has 0 spiro atoms. The number of carbonyl (C=O) groups excluding carboxylic acids is 2. The van der Waals surface area contributed by atoms with Gasteiger partial charge in [0.05, 0.1) is 35.7 Å². The number of piperidine rings is 1. The number of nitrogens with zero attached hydrogens (tertiary/aromatic N) is 5. The van der Waals surface area contributed by atoms with E-state index in [1.54, 1.807) is 48.2 Å². The van der Waals surface area contributed by atoms with Gasteiger partial charge in [-0.2, -0.15) is 13.2 Å². The molecule has 4 aromatic rings. The summed E-state index contributed by atoms with van der Waals surface area (Å²) in [5, 5.41) is 0.270. The van der Waals surface area contributed by atoms with Gasteiger partial charge in [0.15, 0.2) is 5.65 Å². The third-order valence-electron chi connectivity index (χ3n) is 10.3. The Bertz CT molecular complexity index is 1950. The molecular formula is C39H43F4N5O4. The minimum atomic E-state index is -4.94. The lowest BCUT2D eigenvalue weighted by Crippen LogP contribution is -2.46. The van der Waals surface area contributed by atoms with Gasteiger partial charge < -0.3 is 14.5 Å². The van der Waals surface area contributed by atoms with E-state index < -0.39 is 41.5 Å². The summed E-state index contributed by atoms with van der Waals surface area (Å²) in [7, 11) is 0. The Balaban J connectivity index is 1.35. The summed E-state index contributed by atoms with van der Waals surface area (Å²) in [6.07, 6.45) is 2.47. The number of aromatic nitrogens is 3. The Hall–Kier alpha value is -4.81. The van der Waals surface area contributed by atoms with E-state index >= 15 is 0 Å². The van der Waals surface area contributed by atoms with Crippen molar-refractivity contribution in [2.24, 2.45) is 11.8 Å². The Kier molecular flexibility index (Phi) is 11.3. The van der Waals surface area contributed by atoms with Crippen LogP contribution in [0.2, 0.25) is 0 Å². The van der Waals surface area contributed by atoms with Crippen LogP contribution in [0.25, 0.3) is 16.7 Å². The predicted octanol–water partition coefficient (Wildman–Crippen LogP) is 7.29. The van der Waals surface area contributed by atoms with E-state index in [0.29, 0.717) is 50.0 Å². The van der Waals surface area contributed by atoms with Gasteiger partial charge in [-0.25, -0.2) is 14.4 Å². The number of amides is 2. The predicted molar refractivity (Wildman–Crippen MR) is 187 cm³/mol. The zero-order valence-corrected chi connectivity index (χ0v) is 29.4. The van der Waals surface area contributed by atoms with Crippen molar-refractivity contribution in [1.29, 1.82) is 0 Å². The maximum atomic E-state index is 14.3. The molecule has 0 radical (unpaired) electrons. The molecule has 0 bridgehead atoms. The van der Waals surface area contributed by atoms with E-state index in [0.717, 1.165) is 38.2 Å². The summed E-state index contributed by atoms with van der Waals surface area (Å²) in [5.41, 5.74) is -1.19. The first-order chi connectivity index (χ1) is 24.9. The molecule has 2 aromatic heterocycles. The molecule has 1 aliphatic heterocycles. The maximum Gasteiger partial charge on any atom is 0.419 e. The molecule has 3 heterocycles. The number of carbonyl (C=O) groups is 2. The third-order valence-corrected chi connectivity index (χ3v) is 10.3. The molecule has 13 heteroatoms. The number of halogens is 4. The van der Waals surface area contributed by atoms with E-state index in [1.807, 2.05) is 11.8 Å². The molecule has 52 heavy (non-hydrogen) atoms. The van der Waals surface area contributed by atoms with E-state index in [-0.39, 0.29) is 46.7 Å². The number of hydrogen-bond acceptors (Lipinski definition) is 6. The van der Waals surface area contributed by atoms with Crippen LogP contribution in [-0.4, -0.2) is 62.4 Å². The first-order valence-electron chi connectivity index (χ1n) is 18.0. The molecular weight excluding hydrogens is 678 g/mol. The zero-order valence-electron chi connectivity index (χ0n) is 29.4. The van der Waals surface area contributed by atoms with Crippen LogP contribution in [0.5, 0.6) is 5.75 Å². The normalized spacial score (nSPS) is 16.5. The van der Waals surface area contributed by atoms with Crippen LogP contribution in [-0.2, 0) is 22.2 Å². The second-order valence-electron chi connectivity index (χ2n) is 13.7. The number of fused-ring (bicyclic) bond motifs is 1. The van der Waals surface area contributed by atoms with Crippen molar-refractivity contribution < 1.29 is 31.9 Å². The first-order valence-corrected chi connectivity index (χ1v) is 18.0. The van der Waals surface area contributed by atoms with Crippen molar-refractivity contribution >= 4 is 22.8 Å². The Morgan fingerprint density at radius 1 is 1.00 bits per heavy atom. The molecule has 1 saturated carbocycles. The fraction of sp³-hybridized carbons (Fsp3) is 0.462. The van der Waals surface area contributed by atoms with Gasteiger partial charge in [0.2, 0.25) is 11.8 Å². The topological polar surface area (TPSA) is 97.6 Å². The lowest BCUT2D eigenvalue weighted by Gasteiger charge is -2.38. The van der Waals surface area contributed by atoms with E-state index in [2.05, 4.69) is 4.98 Å².